The minimum absolute atomic E-state index is 0.00872. The lowest BCUT2D eigenvalue weighted by Gasteiger charge is -2.40. The van der Waals surface area contributed by atoms with Gasteiger partial charge in [0.1, 0.15) is 0 Å². The molecule has 3 aliphatic rings. The van der Waals surface area contributed by atoms with Gasteiger partial charge in [-0.3, -0.25) is 14.8 Å². The molecule has 1 spiro atoms. The number of hydroxylamine groups is 1. The molecule has 1 saturated carbocycles. The third-order valence-corrected chi connectivity index (χ3v) is 7.69. The molecule has 2 amide bonds. The first-order valence-electron chi connectivity index (χ1n) is 11.7. The van der Waals surface area contributed by atoms with Crippen LogP contribution in [0.25, 0.3) is 11.1 Å². The van der Waals surface area contributed by atoms with Crippen molar-refractivity contribution in [1.29, 1.82) is 0 Å². The van der Waals surface area contributed by atoms with E-state index >= 15 is 0 Å². The Hall–Kier alpha value is -2.70. The third-order valence-electron chi connectivity index (χ3n) is 7.69. The van der Waals surface area contributed by atoms with Gasteiger partial charge in [0, 0.05) is 19.6 Å². The van der Waals surface area contributed by atoms with E-state index in [-0.39, 0.29) is 11.3 Å². The second-order valence-electron chi connectivity index (χ2n) is 9.74. The van der Waals surface area contributed by atoms with Crippen molar-refractivity contribution in [2.45, 2.75) is 44.1 Å². The Balaban J connectivity index is 1.24. The van der Waals surface area contributed by atoms with E-state index in [4.69, 9.17) is 0 Å². The molecule has 0 radical (unpaired) electrons. The fourth-order valence-electron chi connectivity index (χ4n) is 5.50. The van der Waals surface area contributed by atoms with Crippen LogP contribution in [0.5, 0.6) is 0 Å². The number of nitrogens with one attached hydrogen (secondary N) is 2. The maximum atomic E-state index is 13.3. The highest BCUT2D eigenvalue weighted by atomic mass is 16.5. The zero-order valence-electron chi connectivity index (χ0n) is 18.3. The molecule has 2 aromatic carbocycles. The standard InChI is InChI=1S/C26H31N3O3/c30-24(28-32)22-16-26(11-12-26)17-27-23(22)25(31)29-13-9-19(10-14-29)21-8-4-7-20(15-21)18-5-2-1-3-6-18/h1-8,15,19,22-23,27,32H,9-14,16-17H2,(H,28,30). The van der Waals surface area contributed by atoms with Gasteiger partial charge in [0.2, 0.25) is 11.8 Å². The number of hydrogen-bond donors (Lipinski definition) is 3. The molecule has 168 valence electrons. The van der Waals surface area contributed by atoms with Crippen molar-refractivity contribution in [2.75, 3.05) is 19.6 Å². The molecule has 6 heteroatoms. The van der Waals surface area contributed by atoms with E-state index in [9.17, 15) is 14.8 Å². The van der Waals surface area contributed by atoms with Gasteiger partial charge >= 0.3 is 0 Å². The molecular weight excluding hydrogens is 402 g/mol. The predicted molar refractivity (Wildman–Crippen MR) is 122 cm³/mol. The lowest BCUT2D eigenvalue weighted by molar-refractivity contribution is -0.145. The molecule has 2 atom stereocenters. The topological polar surface area (TPSA) is 81.7 Å². The van der Waals surface area contributed by atoms with Gasteiger partial charge in [-0.1, -0.05) is 54.6 Å². The lowest BCUT2D eigenvalue weighted by atomic mass is 9.81. The number of benzene rings is 2. The van der Waals surface area contributed by atoms with Crippen molar-refractivity contribution < 1.29 is 14.8 Å². The van der Waals surface area contributed by atoms with Gasteiger partial charge in [0.25, 0.3) is 0 Å². The molecule has 0 aromatic heterocycles. The van der Waals surface area contributed by atoms with Gasteiger partial charge in [-0.25, -0.2) is 5.48 Å². The van der Waals surface area contributed by atoms with Crippen molar-refractivity contribution in [1.82, 2.24) is 15.7 Å². The second kappa shape index (κ2) is 8.68. The highest BCUT2D eigenvalue weighted by Gasteiger charge is 2.52. The van der Waals surface area contributed by atoms with Gasteiger partial charge in [-0.2, -0.15) is 0 Å². The van der Waals surface area contributed by atoms with Crippen LogP contribution in [-0.2, 0) is 9.59 Å². The molecule has 2 aliphatic heterocycles. The SMILES string of the molecule is O=C(NO)C1CC2(CC2)CNC1C(=O)N1CCC(c2cccc(-c3ccccc3)c2)CC1. The van der Waals surface area contributed by atoms with Crippen LogP contribution in [-0.4, -0.2) is 47.6 Å². The molecule has 1 aliphatic carbocycles. The average molecular weight is 434 g/mol. The smallest absolute Gasteiger partial charge is 0.248 e. The fourth-order valence-corrected chi connectivity index (χ4v) is 5.50. The highest BCUT2D eigenvalue weighted by Crippen LogP contribution is 2.52. The van der Waals surface area contributed by atoms with Crippen LogP contribution < -0.4 is 10.8 Å². The molecule has 32 heavy (non-hydrogen) atoms. The van der Waals surface area contributed by atoms with Crippen LogP contribution in [0.1, 0.15) is 43.6 Å². The monoisotopic (exact) mass is 433 g/mol. The van der Waals surface area contributed by atoms with E-state index in [1.165, 1.54) is 16.7 Å². The van der Waals surface area contributed by atoms with E-state index in [1.807, 2.05) is 11.0 Å². The summed E-state index contributed by atoms with van der Waals surface area (Å²) in [6, 6.07) is 18.6. The Morgan fingerprint density at radius 1 is 1.00 bits per heavy atom. The molecule has 2 aromatic rings. The van der Waals surface area contributed by atoms with Gasteiger partial charge in [-0.15, -0.1) is 0 Å². The van der Waals surface area contributed by atoms with Crippen LogP contribution in [0.2, 0.25) is 0 Å². The van der Waals surface area contributed by atoms with Gasteiger partial charge < -0.3 is 10.2 Å². The van der Waals surface area contributed by atoms with E-state index in [1.54, 1.807) is 5.48 Å². The highest BCUT2D eigenvalue weighted by molar-refractivity contribution is 5.90. The Morgan fingerprint density at radius 2 is 1.72 bits per heavy atom. The first-order valence-corrected chi connectivity index (χ1v) is 11.7. The average Bonchev–Trinajstić information content (AvgIpc) is 3.62. The predicted octanol–water partition coefficient (Wildman–Crippen LogP) is 3.32. The van der Waals surface area contributed by atoms with E-state index in [0.29, 0.717) is 25.4 Å². The molecule has 3 fully saturated rings. The summed E-state index contributed by atoms with van der Waals surface area (Å²) in [6.45, 7) is 2.16. The van der Waals surface area contributed by atoms with Gasteiger partial charge in [0.05, 0.1) is 12.0 Å². The summed E-state index contributed by atoms with van der Waals surface area (Å²) >= 11 is 0. The number of nitrogens with zero attached hydrogens (tertiary/aromatic N) is 1. The van der Waals surface area contributed by atoms with Crippen molar-refractivity contribution in [3.05, 3.63) is 60.2 Å². The molecule has 3 N–H and O–H groups in total. The summed E-state index contributed by atoms with van der Waals surface area (Å²) in [7, 11) is 0. The Morgan fingerprint density at radius 3 is 2.41 bits per heavy atom. The van der Waals surface area contributed by atoms with Crippen LogP contribution in [0.3, 0.4) is 0 Å². The van der Waals surface area contributed by atoms with E-state index in [2.05, 4.69) is 53.8 Å². The number of hydrogen-bond acceptors (Lipinski definition) is 4. The quantitative estimate of drug-likeness (QED) is 0.510. The molecule has 5 rings (SSSR count). The van der Waals surface area contributed by atoms with Crippen LogP contribution in [0.15, 0.2) is 54.6 Å². The molecule has 6 nitrogen and oxygen atoms in total. The van der Waals surface area contributed by atoms with Crippen molar-refractivity contribution in [3.8, 4) is 11.1 Å². The van der Waals surface area contributed by atoms with Crippen LogP contribution in [0.4, 0.5) is 0 Å². The van der Waals surface area contributed by atoms with E-state index in [0.717, 1.165) is 32.2 Å². The summed E-state index contributed by atoms with van der Waals surface area (Å²) < 4.78 is 0. The van der Waals surface area contributed by atoms with Crippen molar-refractivity contribution in [3.63, 3.8) is 0 Å². The number of likely N-dealkylation sites (tertiary alicyclic amines) is 1. The molecule has 2 heterocycles. The normalized spacial score (nSPS) is 24.8. The van der Waals surface area contributed by atoms with Crippen LogP contribution >= 0.6 is 0 Å². The maximum absolute atomic E-state index is 13.3. The third kappa shape index (κ3) is 4.17. The Bertz CT molecular complexity index is 981. The van der Waals surface area contributed by atoms with Gasteiger partial charge in [0.15, 0.2) is 0 Å². The maximum Gasteiger partial charge on any atom is 0.248 e. The molecule has 2 saturated heterocycles. The second-order valence-corrected chi connectivity index (χ2v) is 9.74. The van der Waals surface area contributed by atoms with Gasteiger partial charge in [-0.05, 0) is 60.1 Å². The van der Waals surface area contributed by atoms with Crippen LogP contribution in [0, 0.1) is 11.3 Å². The number of rotatable bonds is 4. The molecular formula is C26H31N3O3. The number of carbonyl (C=O) groups excluding carboxylic acids is 2. The minimum Gasteiger partial charge on any atom is -0.341 e. The summed E-state index contributed by atoms with van der Waals surface area (Å²) in [6.07, 6.45) is 4.67. The van der Waals surface area contributed by atoms with Crippen molar-refractivity contribution >= 4 is 11.8 Å². The summed E-state index contributed by atoms with van der Waals surface area (Å²) in [5.41, 5.74) is 5.69. The lowest BCUT2D eigenvalue weighted by Crippen LogP contribution is -2.59. The first kappa shape index (κ1) is 21.2. The Kier molecular flexibility index (Phi) is 5.74. The minimum atomic E-state index is -0.550. The summed E-state index contributed by atoms with van der Waals surface area (Å²) in [5, 5.41) is 12.5. The van der Waals surface area contributed by atoms with E-state index < -0.39 is 17.9 Å². The first-order chi connectivity index (χ1) is 15.6. The number of carbonyl (C=O) groups is 2. The molecule has 0 bridgehead atoms. The zero-order valence-corrected chi connectivity index (χ0v) is 18.3. The zero-order chi connectivity index (χ0) is 22.1. The Labute approximate surface area is 189 Å². The largest absolute Gasteiger partial charge is 0.341 e. The van der Waals surface area contributed by atoms with Crippen molar-refractivity contribution in [2.24, 2.45) is 11.3 Å². The number of amides is 2. The fraction of sp³-hybridized carbons (Fsp3) is 0.462. The molecule has 2 unspecified atom stereocenters. The summed E-state index contributed by atoms with van der Waals surface area (Å²) in [5.74, 6) is -0.544. The summed E-state index contributed by atoms with van der Waals surface area (Å²) in [4.78, 5) is 27.5. The number of piperidine rings is 2.